The van der Waals surface area contributed by atoms with Crippen molar-refractivity contribution in [2.45, 2.75) is 123 Å². The van der Waals surface area contributed by atoms with Gasteiger partial charge in [-0.05, 0) is 0 Å². The quantitative estimate of drug-likeness (QED) is 0.102. The van der Waals surface area contributed by atoms with E-state index in [1.807, 2.05) is 0 Å². The summed E-state index contributed by atoms with van der Waals surface area (Å²) in [7, 11) is 0. The summed E-state index contributed by atoms with van der Waals surface area (Å²) in [6, 6.07) is 0. The van der Waals surface area contributed by atoms with Crippen LogP contribution in [0.15, 0.2) is 0 Å². The highest BCUT2D eigenvalue weighted by atomic mass is 16.8. The summed E-state index contributed by atoms with van der Waals surface area (Å²) in [5.74, 6) is -1.77. The number of hydrogen-bond donors (Lipinski definition) is 14. The first-order valence-electron chi connectivity index (χ1n) is 14.1. The molecule has 268 valence electrons. The van der Waals surface area contributed by atoms with E-state index in [-0.39, 0.29) is 0 Å². The smallest absolute Gasteiger partial charge is 0.335 e. The molecule has 0 bridgehead atoms. The molecule has 20 atom stereocenters. The van der Waals surface area contributed by atoms with Crippen molar-refractivity contribution in [3.8, 4) is 0 Å². The molecule has 0 unspecified atom stereocenters. The monoisotopic (exact) mass is 680 g/mol. The van der Waals surface area contributed by atoms with Gasteiger partial charge < -0.3 is 105 Å². The van der Waals surface area contributed by atoms with E-state index in [2.05, 4.69) is 0 Å². The SMILES string of the molecule is O=C(O)[C@H]1O[C@@H](O[C@@H]2[C@@H](O[C@@H]3[C@@H](O)[C@H](O[C@H]4[C@H](O)[C@@H](O)[C@@H](O)O[C@@H]4CO)O[C@H](CO)[C@H]3O)O[C@H](CO)[C@@H](O)[C@@H]2O)[C@H](O)[C@@H](O)[C@@H]1O. The molecule has 4 heterocycles. The summed E-state index contributed by atoms with van der Waals surface area (Å²) in [5.41, 5.74) is 0. The van der Waals surface area contributed by atoms with E-state index >= 15 is 0 Å². The minimum Gasteiger partial charge on any atom is -0.479 e. The molecule has 0 radical (unpaired) electrons. The number of rotatable bonds is 10. The minimum atomic E-state index is -2.14. The maximum Gasteiger partial charge on any atom is 0.335 e. The predicted octanol–water partition coefficient (Wildman–Crippen LogP) is -9.66. The normalized spacial score (nSPS) is 51.9. The standard InChI is InChI=1S/C24H40O22/c25-1-4-7(28)10(31)19(46-22-14(35)9(30)11(32)18(45-22)20(37)38)24(42-4)44-17-8(29)5(2-26)41-23(15(17)36)43-16-6(3-27)40-21(39)13(34)12(16)33/h4-19,21-36,39H,1-3H2,(H,37,38)/t4-,5-,6-,7-,8-,9+,10+,11+,12-,13-,14-,15-,16-,17+,18+,19+,21+,22+,23+,24-/m1/s1. The number of aliphatic hydroxyl groups excluding tert-OH is 13. The van der Waals surface area contributed by atoms with Crippen molar-refractivity contribution in [3.63, 3.8) is 0 Å². The van der Waals surface area contributed by atoms with Crippen molar-refractivity contribution in [1.29, 1.82) is 0 Å². The van der Waals surface area contributed by atoms with Gasteiger partial charge in [-0.3, -0.25) is 0 Å². The van der Waals surface area contributed by atoms with E-state index in [4.69, 9.17) is 33.2 Å². The number of hydrogen-bond acceptors (Lipinski definition) is 21. The number of carboxylic acids is 1. The third-order valence-corrected chi connectivity index (χ3v) is 8.17. The molecular formula is C24H40O22. The van der Waals surface area contributed by atoms with Crippen LogP contribution in [0.25, 0.3) is 0 Å². The molecule has 4 rings (SSSR count). The molecule has 46 heavy (non-hydrogen) atoms. The van der Waals surface area contributed by atoms with Crippen LogP contribution >= 0.6 is 0 Å². The fourth-order valence-corrected chi connectivity index (χ4v) is 5.50. The lowest BCUT2D eigenvalue weighted by molar-refractivity contribution is -0.394. The second-order valence-corrected chi connectivity index (χ2v) is 11.2. The van der Waals surface area contributed by atoms with Gasteiger partial charge in [0.25, 0.3) is 0 Å². The number of carboxylic acid groups (broad SMARTS) is 1. The Kier molecular flexibility index (Phi) is 12.6. The zero-order valence-electron chi connectivity index (χ0n) is 23.7. The number of carbonyl (C=O) groups is 1. The fourth-order valence-electron chi connectivity index (χ4n) is 5.50. The largest absolute Gasteiger partial charge is 0.479 e. The van der Waals surface area contributed by atoms with Gasteiger partial charge in [0.15, 0.2) is 31.3 Å². The number of aliphatic hydroxyl groups is 13. The molecule has 4 fully saturated rings. The molecule has 14 N–H and O–H groups in total. The third-order valence-electron chi connectivity index (χ3n) is 8.17. The lowest BCUT2D eigenvalue weighted by Gasteiger charge is -2.49. The van der Waals surface area contributed by atoms with E-state index in [9.17, 15) is 76.3 Å². The van der Waals surface area contributed by atoms with Crippen molar-refractivity contribution in [1.82, 2.24) is 0 Å². The second kappa shape index (κ2) is 15.5. The van der Waals surface area contributed by atoms with Crippen LogP contribution in [0.5, 0.6) is 0 Å². The van der Waals surface area contributed by atoms with Gasteiger partial charge in [0.05, 0.1) is 19.8 Å². The summed E-state index contributed by atoms with van der Waals surface area (Å²) in [6.07, 6.45) is -38.7. The zero-order chi connectivity index (χ0) is 34.2. The lowest BCUT2D eigenvalue weighted by atomic mass is 9.95. The highest BCUT2D eigenvalue weighted by Gasteiger charge is 2.56. The number of ether oxygens (including phenoxy) is 7. The van der Waals surface area contributed by atoms with Crippen molar-refractivity contribution < 1.29 is 109 Å². The van der Waals surface area contributed by atoms with Crippen molar-refractivity contribution in [3.05, 3.63) is 0 Å². The van der Waals surface area contributed by atoms with Crippen LogP contribution in [0.4, 0.5) is 0 Å². The molecule has 0 aliphatic carbocycles. The molecule has 4 saturated heterocycles. The Hall–Kier alpha value is -1.33. The average molecular weight is 681 g/mol. The summed E-state index contributed by atoms with van der Waals surface area (Å²) < 4.78 is 37.6. The van der Waals surface area contributed by atoms with E-state index in [0.717, 1.165) is 0 Å². The average Bonchev–Trinajstić information content (AvgIpc) is 3.03. The second-order valence-electron chi connectivity index (χ2n) is 11.2. The third kappa shape index (κ3) is 7.31. The first-order chi connectivity index (χ1) is 21.7. The minimum absolute atomic E-state index is 0.860. The van der Waals surface area contributed by atoms with E-state index in [0.29, 0.717) is 0 Å². The maximum absolute atomic E-state index is 11.5. The van der Waals surface area contributed by atoms with Gasteiger partial charge in [-0.15, -0.1) is 0 Å². The summed E-state index contributed by atoms with van der Waals surface area (Å²) >= 11 is 0. The molecule has 0 saturated carbocycles. The van der Waals surface area contributed by atoms with Crippen molar-refractivity contribution in [2.75, 3.05) is 19.8 Å². The molecule has 22 nitrogen and oxygen atoms in total. The highest BCUT2D eigenvalue weighted by molar-refractivity contribution is 5.73. The molecule has 4 aliphatic rings. The van der Waals surface area contributed by atoms with E-state index in [1.165, 1.54) is 0 Å². The van der Waals surface area contributed by atoms with Gasteiger partial charge >= 0.3 is 5.97 Å². The fraction of sp³-hybridized carbons (Fsp3) is 0.958. The molecule has 0 aromatic rings. The van der Waals surface area contributed by atoms with E-state index in [1.54, 1.807) is 0 Å². The Morgan fingerprint density at radius 1 is 0.457 bits per heavy atom. The van der Waals surface area contributed by atoms with Crippen LogP contribution in [-0.4, -0.2) is 220 Å². The maximum atomic E-state index is 11.5. The molecule has 0 aromatic heterocycles. The van der Waals surface area contributed by atoms with Crippen LogP contribution < -0.4 is 0 Å². The molecule has 4 aliphatic heterocycles. The van der Waals surface area contributed by atoms with Gasteiger partial charge in [0.2, 0.25) is 0 Å². The first kappa shape index (κ1) is 37.5. The van der Waals surface area contributed by atoms with Gasteiger partial charge in [0, 0.05) is 0 Å². The van der Waals surface area contributed by atoms with Crippen molar-refractivity contribution >= 4 is 5.97 Å². The summed E-state index contributed by atoms with van der Waals surface area (Å²) in [6.45, 7) is -2.73. The van der Waals surface area contributed by atoms with Gasteiger partial charge in [-0.1, -0.05) is 0 Å². The highest BCUT2D eigenvalue weighted by Crippen LogP contribution is 2.34. The van der Waals surface area contributed by atoms with E-state index < -0.39 is 149 Å². The topological polar surface area (TPSA) is 365 Å². The van der Waals surface area contributed by atoms with Gasteiger partial charge in [-0.2, -0.15) is 0 Å². The molecule has 22 heteroatoms. The Labute approximate surface area is 258 Å². The Morgan fingerprint density at radius 2 is 0.957 bits per heavy atom. The van der Waals surface area contributed by atoms with Crippen LogP contribution in [0.1, 0.15) is 0 Å². The van der Waals surface area contributed by atoms with Crippen LogP contribution in [0, 0.1) is 0 Å². The van der Waals surface area contributed by atoms with Gasteiger partial charge in [-0.25, -0.2) is 4.79 Å². The molecular weight excluding hydrogens is 640 g/mol. The lowest BCUT2D eigenvalue weighted by Crippen LogP contribution is -2.68. The Balaban J connectivity index is 1.59. The van der Waals surface area contributed by atoms with Gasteiger partial charge in [0.1, 0.15) is 91.6 Å². The van der Waals surface area contributed by atoms with Crippen LogP contribution in [0.2, 0.25) is 0 Å². The zero-order valence-corrected chi connectivity index (χ0v) is 23.7. The summed E-state index contributed by atoms with van der Waals surface area (Å²) in [5, 5.41) is 142. The number of aliphatic carboxylic acids is 1. The molecule has 0 amide bonds. The van der Waals surface area contributed by atoms with Crippen molar-refractivity contribution in [2.24, 2.45) is 0 Å². The first-order valence-corrected chi connectivity index (χ1v) is 14.1. The predicted molar refractivity (Wildman–Crippen MR) is 134 cm³/mol. The summed E-state index contributed by atoms with van der Waals surface area (Å²) in [4.78, 5) is 11.5. The molecule has 0 aromatic carbocycles. The van der Waals surface area contributed by atoms with Crippen LogP contribution in [-0.2, 0) is 38.0 Å². The Morgan fingerprint density at radius 3 is 1.54 bits per heavy atom. The van der Waals surface area contributed by atoms with Crippen LogP contribution in [0.3, 0.4) is 0 Å². The molecule has 0 spiro atoms. The Bertz CT molecular complexity index is 990.